The second-order valence-electron chi connectivity index (χ2n) is 17.5. The van der Waals surface area contributed by atoms with Gasteiger partial charge >= 0.3 is 52.0 Å². The van der Waals surface area contributed by atoms with E-state index < -0.39 is 52.0 Å². The van der Waals surface area contributed by atoms with Crippen LogP contribution in [0.4, 0.5) is 11.6 Å². The van der Waals surface area contributed by atoms with Crippen LogP contribution in [0, 0.1) is 33.1 Å². The number of aryl methyl sites for hydroxylation is 4. The molecule has 0 amide bonds. The molecule has 80 heavy (non-hydrogen) atoms. The first kappa shape index (κ1) is 67.8. The minimum Gasteiger partial charge on any atom is -0.489 e. The number of anilines is 2. The van der Waals surface area contributed by atoms with Gasteiger partial charge in [-0.3, -0.25) is 33.9 Å². The Hall–Kier alpha value is -8.26. The predicted octanol–water partition coefficient (Wildman–Crippen LogP) is 4.64. The van der Waals surface area contributed by atoms with Crippen LogP contribution in [0.25, 0.3) is 0 Å². The summed E-state index contributed by atoms with van der Waals surface area (Å²) < 4.78 is 25.6. The van der Waals surface area contributed by atoms with Gasteiger partial charge in [-0.25, -0.2) is 42.5 Å². The minimum absolute atomic E-state index is 0. The molecular weight excluding hydrogens is 1130 g/mol. The van der Waals surface area contributed by atoms with Crippen molar-refractivity contribution < 1.29 is 33.3 Å². The lowest BCUT2D eigenvalue weighted by molar-refractivity contribution is -0.144. The van der Waals surface area contributed by atoms with Crippen LogP contribution >= 0.6 is 28.6 Å². The molecule has 0 saturated carbocycles. The summed E-state index contributed by atoms with van der Waals surface area (Å²) in [5, 5.41) is 9.68. The molecule has 0 aliphatic carbocycles. The quantitative estimate of drug-likeness (QED) is 0.0350. The number of carbonyl (C=O) groups is 3. The summed E-state index contributed by atoms with van der Waals surface area (Å²) in [7, 11) is 0. The number of hydrogen-bond donors (Lipinski definition) is 4. The van der Waals surface area contributed by atoms with Crippen molar-refractivity contribution in [3.05, 3.63) is 169 Å². The monoisotopic (exact) mass is 1200 g/mol. The van der Waals surface area contributed by atoms with Crippen molar-refractivity contribution in [2.24, 2.45) is 5.73 Å². The van der Waals surface area contributed by atoms with Crippen molar-refractivity contribution in [3.63, 3.8) is 0 Å². The van der Waals surface area contributed by atoms with Gasteiger partial charge in [0.1, 0.15) is 17.4 Å². The molecule has 0 fully saturated rings. The van der Waals surface area contributed by atoms with Gasteiger partial charge in [0, 0.05) is 25.3 Å². The number of H-pyrrole nitrogens is 1. The highest BCUT2D eigenvalue weighted by atomic mass is 79.9. The van der Waals surface area contributed by atoms with Crippen LogP contribution in [0.1, 0.15) is 94.7 Å². The van der Waals surface area contributed by atoms with E-state index in [4.69, 9.17) is 37.0 Å². The topological polar surface area (TPSA) is 332 Å². The van der Waals surface area contributed by atoms with Crippen LogP contribution in [0.3, 0.4) is 0 Å². The number of benzene rings is 3. The average molecular weight is 1200 g/mol. The second-order valence-corrected chi connectivity index (χ2v) is 17.9. The van der Waals surface area contributed by atoms with Crippen molar-refractivity contribution in [1.82, 2.24) is 42.8 Å². The van der Waals surface area contributed by atoms with E-state index in [0.717, 1.165) is 36.0 Å². The second kappa shape index (κ2) is 33.9. The first-order valence-electron chi connectivity index (χ1n) is 25.1. The highest BCUT2D eigenvalue weighted by Crippen LogP contribution is 2.29. The fraction of sp³-hybridized carbons (Fsp3) is 0.415. The molecule has 6 rings (SSSR count). The number of aromatic amines is 1. The van der Waals surface area contributed by atoms with Gasteiger partial charge in [-0.15, -0.1) is 17.0 Å². The number of nitrogens with two attached hydrogens (primary N) is 1. The molecule has 0 saturated heterocycles. The maximum absolute atomic E-state index is 13.3. The largest absolute Gasteiger partial charge is 0.489 e. The summed E-state index contributed by atoms with van der Waals surface area (Å²) in [5.41, 5.74) is 5.48. The number of hydrogen-bond acceptors (Lipinski definition) is 18. The molecule has 0 spiro atoms. The molecule has 434 valence electrons. The van der Waals surface area contributed by atoms with Gasteiger partial charge in [-0.05, 0) is 98.6 Å². The minimum atomic E-state index is -0.771. The number of esters is 3. The molecule has 0 aliphatic rings. The van der Waals surface area contributed by atoms with E-state index in [0.29, 0.717) is 28.8 Å². The Kier molecular flexibility index (Phi) is 28.8. The van der Waals surface area contributed by atoms with Gasteiger partial charge < -0.3 is 30.0 Å². The Balaban J connectivity index is 0.000000421. The SMILES string of the molecule is Br.CC(=N)N.CCOC(=O)CCn1c(=O)nc(C)[nH]c1=O.CCOC(=O)CCn1c(=O)nc(C)n(Cc2ccc(C)cc2)c1=O.CCOC(=O)CCn1c(=O)nc(Nc2ccc(OC(C)C)c(Cl)c2)n(Cc2ccc(C)cc2)c1=O. The number of rotatable bonds is 20. The maximum Gasteiger partial charge on any atom is 0.354 e. The summed E-state index contributed by atoms with van der Waals surface area (Å²) in [6.07, 6.45) is -0.232. The van der Waals surface area contributed by atoms with E-state index in [1.807, 2.05) is 76.2 Å². The van der Waals surface area contributed by atoms with Crippen molar-refractivity contribution >= 4 is 64.0 Å². The van der Waals surface area contributed by atoms with Crippen molar-refractivity contribution in [3.8, 4) is 5.75 Å². The molecule has 0 atom stereocenters. The van der Waals surface area contributed by atoms with Crippen LogP contribution in [-0.4, -0.2) is 92.4 Å². The van der Waals surface area contributed by atoms with Crippen LogP contribution in [0.2, 0.25) is 5.02 Å². The molecular formula is C53H70BrClN12O13. The van der Waals surface area contributed by atoms with E-state index in [2.05, 4.69) is 30.0 Å². The molecule has 6 aromatic rings. The Morgan fingerprint density at radius 1 is 0.637 bits per heavy atom. The van der Waals surface area contributed by atoms with Gasteiger partial charge in [0.25, 0.3) is 0 Å². The van der Waals surface area contributed by atoms with Crippen LogP contribution in [0.15, 0.2) is 95.5 Å². The third-order valence-corrected chi connectivity index (χ3v) is 10.8. The normalized spacial score (nSPS) is 10.3. The number of halogens is 2. The lowest BCUT2D eigenvalue weighted by Gasteiger charge is -2.17. The predicted molar refractivity (Wildman–Crippen MR) is 307 cm³/mol. The summed E-state index contributed by atoms with van der Waals surface area (Å²) >= 11 is 6.34. The molecule has 0 bridgehead atoms. The fourth-order valence-electron chi connectivity index (χ4n) is 6.81. The summed E-state index contributed by atoms with van der Waals surface area (Å²) in [6, 6.07) is 20.5. The number of aromatic nitrogens is 9. The molecule has 0 aliphatic heterocycles. The highest BCUT2D eigenvalue weighted by molar-refractivity contribution is 8.93. The third-order valence-electron chi connectivity index (χ3n) is 10.5. The zero-order chi connectivity index (χ0) is 58.9. The lowest BCUT2D eigenvalue weighted by Crippen LogP contribution is -2.43. The number of ether oxygens (including phenoxy) is 4. The standard InChI is InChI=1S/C25H29ClN4O5.C17H21N3O4.C9H13N3O4.C2H6N2.BrH/c1-5-34-22(31)12-13-29-24(32)28-23(27-19-10-11-21(20(26)14-19)35-16(2)3)30(25(29)33)15-18-8-6-17(4)7-9-18;1-4-24-15(21)9-10-19-16(22)18-13(3)20(17(19)23)11-14-7-5-12(2)6-8-14;1-3-16-7(13)4-5-12-8(14)10-6(2)11-9(12)15;1-2(3)4;/h6-11,14,16H,5,12-13,15H2,1-4H3,(H,27,28,32);5-8H,4,9-11H2,1-3H3;3-5H2,1-2H3,(H,10,11,14,15);1H3,(H3,3,4);1H. The van der Waals surface area contributed by atoms with E-state index in [9.17, 15) is 43.2 Å². The average Bonchev–Trinajstić information content (AvgIpc) is 3.36. The Bertz CT molecular complexity index is 3370. The van der Waals surface area contributed by atoms with Gasteiger partial charge in [-0.1, -0.05) is 71.3 Å². The Morgan fingerprint density at radius 2 is 1.05 bits per heavy atom. The van der Waals surface area contributed by atoms with Crippen molar-refractivity contribution in [2.45, 2.75) is 127 Å². The zero-order valence-corrected chi connectivity index (χ0v) is 48.9. The third kappa shape index (κ3) is 22.6. The molecule has 25 nitrogen and oxygen atoms in total. The number of carbonyl (C=O) groups excluding carboxylic acids is 3. The Morgan fingerprint density at radius 3 is 1.48 bits per heavy atom. The molecule has 0 unspecified atom stereocenters. The van der Waals surface area contributed by atoms with Gasteiger partial charge in [0.15, 0.2) is 0 Å². The van der Waals surface area contributed by atoms with Gasteiger partial charge in [-0.2, -0.15) is 15.0 Å². The summed E-state index contributed by atoms with van der Waals surface area (Å²) in [5.74, 6) is -0.0539. The molecule has 3 aromatic carbocycles. The maximum atomic E-state index is 13.3. The fourth-order valence-corrected chi connectivity index (χ4v) is 7.04. The van der Waals surface area contributed by atoms with Gasteiger partial charge in [0.2, 0.25) is 5.95 Å². The number of nitrogens with zero attached hydrogens (tertiary/aromatic N) is 8. The molecule has 27 heteroatoms. The summed E-state index contributed by atoms with van der Waals surface area (Å²) in [6.45, 7) is 18.5. The van der Waals surface area contributed by atoms with Crippen LogP contribution in [0.5, 0.6) is 5.75 Å². The van der Waals surface area contributed by atoms with Crippen LogP contribution < -0.4 is 49.9 Å². The Labute approximate surface area is 476 Å². The zero-order valence-electron chi connectivity index (χ0n) is 46.5. The van der Waals surface area contributed by atoms with E-state index in [-0.39, 0.29) is 106 Å². The van der Waals surface area contributed by atoms with E-state index in [1.54, 1.807) is 45.9 Å². The summed E-state index contributed by atoms with van der Waals surface area (Å²) in [4.78, 5) is 121. The number of amidine groups is 1. The first-order valence-corrected chi connectivity index (χ1v) is 25.4. The number of nitrogens with one attached hydrogen (secondary N) is 3. The van der Waals surface area contributed by atoms with E-state index in [1.165, 1.54) is 23.0 Å². The van der Waals surface area contributed by atoms with Crippen LogP contribution in [-0.2, 0) is 61.3 Å². The molecule has 3 aromatic heterocycles. The highest BCUT2D eigenvalue weighted by Gasteiger charge is 2.17. The van der Waals surface area contributed by atoms with Crippen molar-refractivity contribution in [2.75, 3.05) is 25.1 Å². The molecule has 5 N–H and O–H groups in total. The smallest absolute Gasteiger partial charge is 0.354 e. The van der Waals surface area contributed by atoms with Gasteiger partial charge in [0.05, 0.1) is 69.1 Å². The molecule has 3 heterocycles. The van der Waals surface area contributed by atoms with E-state index >= 15 is 0 Å². The van der Waals surface area contributed by atoms with Crippen molar-refractivity contribution in [1.29, 1.82) is 5.41 Å². The molecule has 0 radical (unpaired) electrons. The lowest BCUT2D eigenvalue weighted by atomic mass is 10.1. The first-order chi connectivity index (χ1) is 37.4.